The molecule has 1 unspecified atom stereocenters. The Kier molecular flexibility index (Phi) is 6.72. The van der Waals surface area contributed by atoms with Crippen molar-refractivity contribution in [1.29, 1.82) is 0 Å². The number of amides is 1. The van der Waals surface area contributed by atoms with Gasteiger partial charge in [-0.25, -0.2) is 13.1 Å². The first-order valence-corrected chi connectivity index (χ1v) is 12.3. The fraction of sp³-hybridized carbons (Fsp3) is 0.333. The summed E-state index contributed by atoms with van der Waals surface area (Å²) >= 11 is 0. The summed E-state index contributed by atoms with van der Waals surface area (Å²) in [5.74, 6) is -0.00872. The number of hydrogen-bond donors (Lipinski definition) is 2. The highest BCUT2D eigenvalue weighted by Crippen LogP contribution is 2.30. The van der Waals surface area contributed by atoms with Gasteiger partial charge in [0.15, 0.2) is 0 Å². The SMILES string of the molecule is CNS(=O)(=O)c1ccc(CCC(=O)NC2CCCc3c2cnn3Cc2ccccc2)cc1. The molecule has 0 radical (unpaired) electrons. The molecular weight excluding hydrogens is 424 g/mol. The summed E-state index contributed by atoms with van der Waals surface area (Å²) in [5, 5.41) is 7.76. The molecule has 1 atom stereocenters. The van der Waals surface area contributed by atoms with E-state index in [0.717, 1.165) is 36.9 Å². The maximum Gasteiger partial charge on any atom is 0.240 e. The standard InChI is InChI=1S/C24H28N4O3S/c1-25-32(30,31)20-13-10-18(11-14-20)12-15-24(29)27-22-8-5-9-23-21(22)16-26-28(23)17-19-6-3-2-4-7-19/h2-4,6-7,10-11,13-14,16,22,25H,5,8-9,12,15,17H2,1H3,(H,27,29). The van der Waals surface area contributed by atoms with Crippen LogP contribution in [0.4, 0.5) is 0 Å². The summed E-state index contributed by atoms with van der Waals surface area (Å²) in [7, 11) is -2.06. The highest BCUT2D eigenvalue weighted by Gasteiger charge is 2.25. The van der Waals surface area contributed by atoms with Crippen molar-refractivity contribution in [3.63, 3.8) is 0 Å². The average Bonchev–Trinajstić information content (AvgIpc) is 3.22. The minimum atomic E-state index is -3.45. The summed E-state index contributed by atoms with van der Waals surface area (Å²) in [6.07, 6.45) is 5.69. The van der Waals surface area contributed by atoms with Crippen molar-refractivity contribution < 1.29 is 13.2 Å². The Morgan fingerprint density at radius 1 is 1.09 bits per heavy atom. The molecule has 0 fully saturated rings. The van der Waals surface area contributed by atoms with E-state index in [0.29, 0.717) is 12.8 Å². The Bertz CT molecular complexity index is 1170. The van der Waals surface area contributed by atoms with Gasteiger partial charge >= 0.3 is 0 Å². The van der Waals surface area contributed by atoms with Crippen molar-refractivity contribution in [3.05, 3.63) is 83.2 Å². The Morgan fingerprint density at radius 3 is 2.56 bits per heavy atom. The Balaban J connectivity index is 1.36. The molecule has 0 aliphatic heterocycles. The lowest BCUT2D eigenvalue weighted by atomic mass is 9.92. The summed E-state index contributed by atoms with van der Waals surface area (Å²) in [6.45, 7) is 0.732. The lowest BCUT2D eigenvalue weighted by Gasteiger charge is -2.24. The third-order valence-electron chi connectivity index (χ3n) is 5.92. The van der Waals surface area contributed by atoms with E-state index in [1.165, 1.54) is 18.3 Å². The van der Waals surface area contributed by atoms with Gasteiger partial charge in [0.25, 0.3) is 0 Å². The summed E-state index contributed by atoms with van der Waals surface area (Å²) in [5.41, 5.74) is 4.45. The first-order chi connectivity index (χ1) is 15.5. The van der Waals surface area contributed by atoms with Crippen LogP contribution >= 0.6 is 0 Å². The van der Waals surface area contributed by atoms with Gasteiger partial charge in [-0.3, -0.25) is 9.48 Å². The topological polar surface area (TPSA) is 93.1 Å². The highest BCUT2D eigenvalue weighted by molar-refractivity contribution is 7.89. The van der Waals surface area contributed by atoms with Gasteiger partial charge in [0, 0.05) is 17.7 Å². The zero-order chi connectivity index (χ0) is 22.6. The van der Waals surface area contributed by atoms with Crippen LogP contribution in [-0.4, -0.2) is 31.2 Å². The molecule has 4 rings (SSSR count). The number of carbonyl (C=O) groups excluding carboxylic acids is 1. The molecule has 2 aromatic carbocycles. The molecule has 1 aliphatic carbocycles. The molecule has 0 spiro atoms. The van der Waals surface area contributed by atoms with Gasteiger partial charge in [-0.15, -0.1) is 0 Å². The van der Waals surface area contributed by atoms with Gasteiger partial charge in [0.05, 0.1) is 23.7 Å². The number of nitrogens with zero attached hydrogens (tertiary/aromatic N) is 2. The second-order valence-corrected chi connectivity index (χ2v) is 9.94. The number of carbonyl (C=O) groups is 1. The summed E-state index contributed by atoms with van der Waals surface area (Å²) in [4.78, 5) is 12.8. The van der Waals surface area contributed by atoms with E-state index < -0.39 is 10.0 Å². The molecular formula is C24H28N4O3S. The van der Waals surface area contributed by atoms with Crippen LogP contribution in [0.3, 0.4) is 0 Å². The number of aryl methyl sites for hydroxylation is 1. The summed E-state index contributed by atoms with van der Waals surface area (Å²) in [6, 6.07) is 16.9. The minimum Gasteiger partial charge on any atom is -0.349 e. The van der Waals surface area contributed by atoms with Crippen LogP contribution in [0.5, 0.6) is 0 Å². The third kappa shape index (κ3) is 5.08. The van der Waals surface area contributed by atoms with Crippen LogP contribution in [0.25, 0.3) is 0 Å². The molecule has 2 N–H and O–H groups in total. The number of hydrogen-bond acceptors (Lipinski definition) is 4. The predicted molar refractivity (Wildman–Crippen MR) is 123 cm³/mol. The molecule has 32 heavy (non-hydrogen) atoms. The van der Waals surface area contributed by atoms with Crippen LogP contribution in [0, 0.1) is 0 Å². The van der Waals surface area contributed by atoms with Crippen LogP contribution in [0.15, 0.2) is 65.7 Å². The van der Waals surface area contributed by atoms with E-state index in [4.69, 9.17) is 0 Å². The van der Waals surface area contributed by atoms with Crippen molar-refractivity contribution in [2.75, 3.05) is 7.05 Å². The third-order valence-corrected chi connectivity index (χ3v) is 7.35. The average molecular weight is 453 g/mol. The van der Waals surface area contributed by atoms with Gasteiger partial charge in [-0.05, 0) is 56.0 Å². The van der Waals surface area contributed by atoms with Gasteiger partial charge in [-0.1, -0.05) is 42.5 Å². The molecule has 3 aromatic rings. The number of fused-ring (bicyclic) bond motifs is 1. The molecule has 1 aliphatic rings. The van der Waals surface area contributed by atoms with E-state index in [9.17, 15) is 13.2 Å². The smallest absolute Gasteiger partial charge is 0.240 e. The molecule has 1 heterocycles. The number of sulfonamides is 1. The molecule has 1 amide bonds. The fourth-order valence-corrected chi connectivity index (χ4v) is 4.87. The largest absolute Gasteiger partial charge is 0.349 e. The van der Waals surface area contributed by atoms with E-state index >= 15 is 0 Å². The maximum atomic E-state index is 12.6. The monoisotopic (exact) mass is 452 g/mol. The lowest BCUT2D eigenvalue weighted by molar-refractivity contribution is -0.121. The lowest BCUT2D eigenvalue weighted by Crippen LogP contribution is -2.31. The predicted octanol–water partition coefficient (Wildman–Crippen LogP) is 2.97. The van der Waals surface area contributed by atoms with Crippen LogP contribution in [0.1, 0.15) is 47.7 Å². The number of aromatic nitrogens is 2. The van der Waals surface area contributed by atoms with Crippen molar-refractivity contribution in [2.45, 2.75) is 49.6 Å². The van der Waals surface area contributed by atoms with E-state index in [1.54, 1.807) is 24.3 Å². The van der Waals surface area contributed by atoms with Crippen molar-refractivity contribution in [1.82, 2.24) is 19.8 Å². The highest BCUT2D eigenvalue weighted by atomic mass is 32.2. The van der Waals surface area contributed by atoms with Crippen LogP contribution < -0.4 is 10.0 Å². The first-order valence-electron chi connectivity index (χ1n) is 10.9. The molecule has 1 aromatic heterocycles. The quantitative estimate of drug-likeness (QED) is 0.550. The molecule has 168 valence electrons. The number of rotatable bonds is 8. The van der Waals surface area contributed by atoms with Crippen LogP contribution in [-0.2, 0) is 34.2 Å². The fourth-order valence-electron chi connectivity index (χ4n) is 4.14. The molecule has 0 saturated heterocycles. The van der Waals surface area contributed by atoms with Crippen molar-refractivity contribution in [3.8, 4) is 0 Å². The molecule has 0 bridgehead atoms. The van der Waals surface area contributed by atoms with Crippen molar-refractivity contribution >= 4 is 15.9 Å². The second-order valence-electron chi connectivity index (χ2n) is 8.05. The number of benzene rings is 2. The normalized spacial score (nSPS) is 15.8. The molecule has 0 saturated carbocycles. The first kappa shape index (κ1) is 22.2. The van der Waals surface area contributed by atoms with Gasteiger partial charge in [-0.2, -0.15) is 5.10 Å². The van der Waals surface area contributed by atoms with Gasteiger partial charge < -0.3 is 5.32 Å². The summed E-state index contributed by atoms with van der Waals surface area (Å²) < 4.78 is 28.0. The van der Waals surface area contributed by atoms with Crippen LogP contribution in [0.2, 0.25) is 0 Å². The Hall–Kier alpha value is -2.97. The van der Waals surface area contributed by atoms with Crippen molar-refractivity contribution in [2.24, 2.45) is 0 Å². The maximum absolute atomic E-state index is 12.6. The van der Waals surface area contributed by atoms with E-state index in [1.807, 2.05) is 29.1 Å². The molecule has 8 heteroatoms. The zero-order valence-electron chi connectivity index (χ0n) is 18.1. The van der Waals surface area contributed by atoms with Gasteiger partial charge in [0.1, 0.15) is 0 Å². The minimum absolute atomic E-state index is 0.00872. The van der Waals surface area contributed by atoms with Gasteiger partial charge in [0.2, 0.25) is 15.9 Å². The zero-order valence-corrected chi connectivity index (χ0v) is 18.9. The Morgan fingerprint density at radius 2 is 1.84 bits per heavy atom. The number of nitrogens with one attached hydrogen (secondary N) is 2. The van der Waals surface area contributed by atoms with E-state index in [-0.39, 0.29) is 16.8 Å². The molecule has 7 nitrogen and oxygen atoms in total. The second kappa shape index (κ2) is 9.67. The Labute approximate surface area is 188 Å². The van der Waals surface area contributed by atoms with E-state index in [2.05, 4.69) is 27.3 Å².